The van der Waals surface area contributed by atoms with Crippen LogP contribution in [0.15, 0.2) is 0 Å². The second-order valence-electron chi connectivity index (χ2n) is 3.29. The summed E-state index contributed by atoms with van der Waals surface area (Å²) < 4.78 is 0. The molecule has 0 heterocycles. The predicted octanol–water partition coefficient (Wildman–Crippen LogP) is -0.565. The standard InChI is InChI=1S/C10H16N2O3/c1-4-5-11-6-9(13)12-8(3)7(2)10(14)15/h1,7-8,11H,5-6H2,2-3H3,(H,12,13)(H,14,15). The number of amides is 1. The van der Waals surface area contributed by atoms with Crippen LogP contribution in [0.4, 0.5) is 0 Å². The molecule has 0 bridgehead atoms. The average Bonchev–Trinajstić information content (AvgIpc) is 2.16. The van der Waals surface area contributed by atoms with Gasteiger partial charge < -0.3 is 10.4 Å². The molecule has 15 heavy (non-hydrogen) atoms. The largest absolute Gasteiger partial charge is 0.481 e. The summed E-state index contributed by atoms with van der Waals surface area (Å²) in [6, 6.07) is -0.400. The first-order valence-electron chi connectivity index (χ1n) is 4.65. The maximum absolute atomic E-state index is 11.2. The fourth-order valence-corrected chi connectivity index (χ4v) is 0.892. The Kier molecular flexibility index (Phi) is 6.14. The Morgan fingerprint density at radius 2 is 2.07 bits per heavy atom. The number of rotatable bonds is 6. The van der Waals surface area contributed by atoms with Gasteiger partial charge in [-0.3, -0.25) is 14.9 Å². The molecule has 0 aliphatic heterocycles. The Bertz CT molecular complexity index is 270. The van der Waals surface area contributed by atoms with Gasteiger partial charge in [-0.15, -0.1) is 6.42 Å². The highest BCUT2D eigenvalue weighted by molar-refractivity contribution is 5.79. The maximum Gasteiger partial charge on any atom is 0.308 e. The van der Waals surface area contributed by atoms with Gasteiger partial charge in [0.05, 0.1) is 19.0 Å². The summed E-state index contributed by atoms with van der Waals surface area (Å²) in [5.74, 6) is 0.533. The van der Waals surface area contributed by atoms with Crippen LogP contribution in [0.1, 0.15) is 13.8 Å². The molecule has 5 heteroatoms. The number of carbonyl (C=O) groups excluding carboxylic acids is 1. The number of nitrogens with one attached hydrogen (secondary N) is 2. The van der Waals surface area contributed by atoms with Crippen LogP contribution in [0.5, 0.6) is 0 Å². The minimum atomic E-state index is -0.931. The van der Waals surface area contributed by atoms with E-state index < -0.39 is 17.9 Å². The molecule has 2 unspecified atom stereocenters. The van der Waals surface area contributed by atoms with Crippen molar-refractivity contribution in [2.24, 2.45) is 5.92 Å². The van der Waals surface area contributed by atoms with Gasteiger partial charge in [-0.2, -0.15) is 0 Å². The Morgan fingerprint density at radius 1 is 1.47 bits per heavy atom. The van der Waals surface area contributed by atoms with Gasteiger partial charge in [0.1, 0.15) is 0 Å². The molecule has 0 aromatic carbocycles. The lowest BCUT2D eigenvalue weighted by atomic mass is 10.0. The molecule has 0 saturated heterocycles. The van der Waals surface area contributed by atoms with Crippen LogP contribution in [-0.4, -0.2) is 36.1 Å². The molecule has 0 radical (unpaired) electrons. The molecule has 0 aromatic rings. The van der Waals surface area contributed by atoms with E-state index in [0.29, 0.717) is 6.54 Å². The number of aliphatic carboxylic acids is 1. The number of terminal acetylenes is 1. The number of carboxylic acids is 1. The van der Waals surface area contributed by atoms with Crippen LogP contribution in [0.2, 0.25) is 0 Å². The van der Waals surface area contributed by atoms with Crippen molar-refractivity contribution in [3.63, 3.8) is 0 Å². The molecule has 2 atom stereocenters. The van der Waals surface area contributed by atoms with Crippen LogP contribution >= 0.6 is 0 Å². The van der Waals surface area contributed by atoms with E-state index in [0.717, 1.165) is 0 Å². The van der Waals surface area contributed by atoms with Gasteiger partial charge in [-0.25, -0.2) is 0 Å². The summed E-state index contributed by atoms with van der Waals surface area (Å²) in [6.07, 6.45) is 4.98. The molecule has 3 N–H and O–H groups in total. The smallest absolute Gasteiger partial charge is 0.308 e. The van der Waals surface area contributed by atoms with Crippen molar-refractivity contribution in [1.29, 1.82) is 0 Å². The van der Waals surface area contributed by atoms with Crippen LogP contribution in [0.25, 0.3) is 0 Å². The monoisotopic (exact) mass is 212 g/mol. The second-order valence-corrected chi connectivity index (χ2v) is 3.29. The molecular formula is C10H16N2O3. The second kappa shape index (κ2) is 6.85. The van der Waals surface area contributed by atoms with Crippen molar-refractivity contribution in [1.82, 2.24) is 10.6 Å². The minimum absolute atomic E-state index is 0.0981. The summed E-state index contributed by atoms with van der Waals surface area (Å²) in [6.45, 7) is 3.61. The first-order valence-corrected chi connectivity index (χ1v) is 4.65. The third-order valence-electron chi connectivity index (χ3n) is 2.04. The minimum Gasteiger partial charge on any atom is -0.481 e. The zero-order valence-corrected chi connectivity index (χ0v) is 8.91. The van der Waals surface area contributed by atoms with Crippen LogP contribution in [0.3, 0.4) is 0 Å². The molecular weight excluding hydrogens is 196 g/mol. The van der Waals surface area contributed by atoms with Gasteiger partial charge in [-0.1, -0.05) is 5.92 Å². The predicted molar refractivity (Wildman–Crippen MR) is 56.1 cm³/mol. The van der Waals surface area contributed by atoms with Crippen molar-refractivity contribution in [2.75, 3.05) is 13.1 Å². The molecule has 0 rings (SSSR count). The summed E-state index contributed by atoms with van der Waals surface area (Å²) in [4.78, 5) is 21.8. The third kappa shape index (κ3) is 5.70. The number of carboxylic acid groups (broad SMARTS) is 1. The first kappa shape index (κ1) is 13.5. The topological polar surface area (TPSA) is 78.4 Å². The highest BCUT2D eigenvalue weighted by Crippen LogP contribution is 2.01. The first-order chi connectivity index (χ1) is 6.99. The van der Waals surface area contributed by atoms with Crippen LogP contribution in [0, 0.1) is 18.3 Å². The summed E-state index contributed by atoms with van der Waals surface area (Å²) in [7, 11) is 0. The highest BCUT2D eigenvalue weighted by atomic mass is 16.4. The Balaban J connectivity index is 3.86. The third-order valence-corrected chi connectivity index (χ3v) is 2.04. The van der Waals surface area contributed by atoms with Gasteiger partial charge in [0.25, 0.3) is 0 Å². The molecule has 1 amide bonds. The van der Waals surface area contributed by atoms with Crippen LogP contribution < -0.4 is 10.6 Å². The van der Waals surface area contributed by atoms with Crippen LogP contribution in [-0.2, 0) is 9.59 Å². The Hall–Kier alpha value is -1.54. The number of hydrogen-bond acceptors (Lipinski definition) is 3. The van der Waals surface area contributed by atoms with E-state index in [4.69, 9.17) is 11.5 Å². The van der Waals surface area contributed by atoms with Crippen molar-refractivity contribution in [3.8, 4) is 12.3 Å². The van der Waals surface area contributed by atoms with E-state index in [1.54, 1.807) is 13.8 Å². The molecule has 0 spiro atoms. The average molecular weight is 212 g/mol. The lowest BCUT2D eigenvalue weighted by molar-refractivity contribution is -0.142. The Morgan fingerprint density at radius 3 is 2.53 bits per heavy atom. The normalized spacial score (nSPS) is 13.7. The van der Waals surface area contributed by atoms with Crippen molar-refractivity contribution >= 4 is 11.9 Å². The van der Waals surface area contributed by atoms with Gasteiger partial charge >= 0.3 is 5.97 Å². The molecule has 5 nitrogen and oxygen atoms in total. The van der Waals surface area contributed by atoms with Gasteiger partial charge in [0.2, 0.25) is 5.91 Å². The molecule has 0 saturated carbocycles. The molecule has 0 aliphatic rings. The molecule has 0 aromatic heterocycles. The summed E-state index contributed by atoms with van der Waals surface area (Å²) >= 11 is 0. The summed E-state index contributed by atoms with van der Waals surface area (Å²) in [5, 5.41) is 14.0. The molecule has 0 aliphatic carbocycles. The number of hydrogen-bond donors (Lipinski definition) is 3. The van der Waals surface area contributed by atoms with E-state index in [1.807, 2.05) is 0 Å². The lowest BCUT2D eigenvalue weighted by Crippen LogP contribution is -2.43. The lowest BCUT2D eigenvalue weighted by Gasteiger charge is -2.17. The Labute approximate surface area is 89.2 Å². The van der Waals surface area contributed by atoms with Crippen molar-refractivity contribution < 1.29 is 14.7 Å². The fourth-order valence-electron chi connectivity index (χ4n) is 0.892. The molecule has 84 valence electrons. The van der Waals surface area contributed by atoms with Gasteiger partial charge in [0.15, 0.2) is 0 Å². The van der Waals surface area contributed by atoms with E-state index in [9.17, 15) is 9.59 Å². The van der Waals surface area contributed by atoms with Crippen molar-refractivity contribution in [3.05, 3.63) is 0 Å². The van der Waals surface area contributed by atoms with E-state index in [-0.39, 0.29) is 12.5 Å². The SMILES string of the molecule is C#CCNCC(=O)NC(C)C(C)C(=O)O. The van der Waals surface area contributed by atoms with Gasteiger partial charge in [-0.05, 0) is 13.8 Å². The quantitative estimate of drug-likeness (QED) is 0.407. The van der Waals surface area contributed by atoms with Gasteiger partial charge in [0, 0.05) is 6.04 Å². The van der Waals surface area contributed by atoms with Crippen molar-refractivity contribution in [2.45, 2.75) is 19.9 Å². The highest BCUT2D eigenvalue weighted by Gasteiger charge is 2.20. The summed E-state index contributed by atoms with van der Waals surface area (Å²) in [5.41, 5.74) is 0. The molecule has 0 fully saturated rings. The fraction of sp³-hybridized carbons (Fsp3) is 0.600. The zero-order chi connectivity index (χ0) is 11.8. The van der Waals surface area contributed by atoms with E-state index >= 15 is 0 Å². The van der Waals surface area contributed by atoms with E-state index in [1.165, 1.54) is 0 Å². The zero-order valence-electron chi connectivity index (χ0n) is 8.91. The van der Waals surface area contributed by atoms with E-state index in [2.05, 4.69) is 16.6 Å². The maximum atomic E-state index is 11.2. The number of carbonyl (C=O) groups is 2.